The van der Waals surface area contributed by atoms with Gasteiger partial charge in [-0.2, -0.15) is 0 Å². The Kier molecular flexibility index (Phi) is 15.4. The fourth-order valence-electron chi connectivity index (χ4n) is 3.98. The molecule has 0 bridgehead atoms. The monoisotopic (exact) mass is 509 g/mol. The van der Waals surface area contributed by atoms with E-state index in [1.807, 2.05) is 7.05 Å². The fraction of sp³-hybridized carbons (Fsp3) is 0.952. The van der Waals surface area contributed by atoms with E-state index in [1.54, 1.807) is 0 Å². The van der Waals surface area contributed by atoms with Gasteiger partial charge in [-0.3, -0.25) is 4.99 Å². The summed E-state index contributed by atoms with van der Waals surface area (Å²) < 4.78 is 5.97. The van der Waals surface area contributed by atoms with E-state index in [9.17, 15) is 0 Å². The number of hydrogen-bond acceptors (Lipinski definition) is 4. The summed E-state index contributed by atoms with van der Waals surface area (Å²) in [5.74, 6) is 0.921. The largest absolute Gasteiger partial charge is 0.378 e. The van der Waals surface area contributed by atoms with Crippen LogP contribution in [0.15, 0.2) is 4.99 Å². The molecule has 1 saturated heterocycles. The number of piperazine rings is 1. The Morgan fingerprint density at radius 1 is 0.929 bits per heavy atom. The molecular weight excluding hydrogens is 465 g/mol. The number of guanidine groups is 1. The molecule has 1 saturated carbocycles. The lowest BCUT2D eigenvalue weighted by Crippen LogP contribution is -2.46. The van der Waals surface area contributed by atoms with E-state index in [2.05, 4.69) is 32.3 Å². The molecule has 6 nitrogen and oxygen atoms in total. The van der Waals surface area contributed by atoms with Gasteiger partial charge in [-0.1, -0.05) is 26.2 Å². The minimum absolute atomic E-state index is 0. The van der Waals surface area contributed by atoms with Gasteiger partial charge in [0.2, 0.25) is 0 Å². The average molecular weight is 510 g/mol. The second-order valence-corrected chi connectivity index (χ2v) is 7.89. The third-order valence-corrected chi connectivity index (χ3v) is 5.85. The molecular formula is C21H44IN5O. The number of rotatable bonds is 11. The lowest BCUT2D eigenvalue weighted by Gasteiger charge is -2.34. The van der Waals surface area contributed by atoms with Gasteiger partial charge >= 0.3 is 0 Å². The molecule has 1 aliphatic heterocycles. The van der Waals surface area contributed by atoms with E-state index in [-0.39, 0.29) is 24.0 Å². The van der Waals surface area contributed by atoms with Crippen molar-refractivity contribution < 1.29 is 4.74 Å². The van der Waals surface area contributed by atoms with Crippen LogP contribution in [0.4, 0.5) is 0 Å². The van der Waals surface area contributed by atoms with Crippen molar-refractivity contribution in [2.75, 3.05) is 66.0 Å². The molecule has 0 aromatic carbocycles. The second kappa shape index (κ2) is 16.7. The Balaban J connectivity index is 0.00000392. The number of halogens is 1. The maximum absolute atomic E-state index is 5.97. The highest BCUT2D eigenvalue weighted by atomic mass is 127. The number of aliphatic imine (C=N–C) groups is 1. The van der Waals surface area contributed by atoms with Crippen molar-refractivity contribution in [1.82, 2.24) is 20.4 Å². The first-order valence-electron chi connectivity index (χ1n) is 11.3. The molecule has 0 spiro atoms. The first-order valence-corrected chi connectivity index (χ1v) is 11.3. The van der Waals surface area contributed by atoms with Gasteiger partial charge in [-0.15, -0.1) is 24.0 Å². The van der Waals surface area contributed by atoms with Crippen molar-refractivity contribution in [3.63, 3.8) is 0 Å². The zero-order valence-corrected chi connectivity index (χ0v) is 20.6. The Morgan fingerprint density at radius 3 is 2.21 bits per heavy atom. The second-order valence-electron chi connectivity index (χ2n) is 7.89. The summed E-state index contributed by atoms with van der Waals surface area (Å²) in [5, 5.41) is 6.84. The SMILES string of the molecule is CCN1CCN(CCCCNC(=NC)NCCCOC2CCCCC2)CC1.I. The molecule has 2 N–H and O–H groups in total. The smallest absolute Gasteiger partial charge is 0.190 e. The van der Waals surface area contributed by atoms with Crippen molar-refractivity contribution in [2.24, 2.45) is 4.99 Å². The minimum Gasteiger partial charge on any atom is -0.378 e. The van der Waals surface area contributed by atoms with Gasteiger partial charge in [0.15, 0.2) is 5.96 Å². The highest BCUT2D eigenvalue weighted by Gasteiger charge is 2.14. The van der Waals surface area contributed by atoms with Crippen molar-refractivity contribution in [3.8, 4) is 0 Å². The van der Waals surface area contributed by atoms with E-state index in [0.29, 0.717) is 6.10 Å². The van der Waals surface area contributed by atoms with Crippen LogP contribution in [0, 0.1) is 0 Å². The molecule has 28 heavy (non-hydrogen) atoms. The van der Waals surface area contributed by atoms with Crippen molar-refractivity contribution in [2.45, 2.75) is 64.4 Å². The number of hydrogen-bond donors (Lipinski definition) is 2. The Hall–Kier alpha value is -0.120. The molecule has 7 heteroatoms. The highest BCUT2D eigenvalue weighted by molar-refractivity contribution is 14.0. The van der Waals surface area contributed by atoms with Crippen LogP contribution in [0.25, 0.3) is 0 Å². The van der Waals surface area contributed by atoms with E-state index >= 15 is 0 Å². The molecule has 0 radical (unpaired) electrons. The van der Waals surface area contributed by atoms with Gasteiger partial charge in [0, 0.05) is 52.9 Å². The summed E-state index contributed by atoms with van der Waals surface area (Å²) in [6.07, 6.45) is 10.6. The molecule has 1 heterocycles. The Bertz CT molecular complexity index is 396. The molecule has 166 valence electrons. The van der Waals surface area contributed by atoms with Crippen LogP contribution in [-0.4, -0.2) is 87.9 Å². The summed E-state index contributed by atoms with van der Waals surface area (Å²) >= 11 is 0. The van der Waals surface area contributed by atoms with Crippen LogP contribution in [0.5, 0.6) is 0 Å². The molecule has 0 aromatic heterocycles. The minimum atomic E-state index is 0. The van der Waals surface area contributed by atoms with Crippen LogP contribution < -0.4 is 10.6 Å². The number of ether oxygens (including phenoxy) is 1. The van der Waals surface area contributed by atoms with Gasteiger partial charge in [-0.05, 0) is 45.2 Å². The zero-order chi connectivity index (χ0) is 19.2. The summed E-state index contributed by atoms with van der Waals surface area (Å²) in [5.41, 5.74) is 0. The van der Waals surface area contributed by atoms with E-state index in [4.69, 9.17) is 4.74 Å². The number of nitrogens with zero attached hydrogens (tertiary/aromatic N) is 3. The normalized spacial score (nSPS) is 20.0. The quantitative estimate of drug-likeness (QED) is 0.194. The lowest BCUT2D eigenvalue weighted by atomic mass is 9.98. The summed E-state index contributed by atoms with van der Waals surface area (Å²) in [6, 6.07) is 0. The summed E-state index contributed by atoms with van der Waals surface area (Å²) in [4.78, 5) is 9.46. The van der Waals surface area contributed by atoms with Crippen LogP contribution in [0.2, 0.25) is 0 Å². The number of nitrogens with one attached hydrogen (secondary N) is 2. The van der Waals surface area contributed by atoms with Crippen LogP contribution in [-0.2, 0) is 4.74 Å². The van der Waals surface area contributed by atoms with Gasteiger partial charge in [-0.25, -0.2) is 0 Å². The topological polar surface area (TPSA) is 52.1 Å². The van der Waals surface area contributed by atoms with Crippen LogP contribution in [0.1, 0.15) is 58.3 Å². The Labute approximate surface area is 190 Å². The Morgan fingerprint density at radius 2 is 1.57 bits per heavy atom. The molecule has 0 amide bonds. The van der Waals surface area contributed by atoms with Gasteiger partial charge in [0.05, 0.1) is 6.10 Å². The van der Waals surface area contributed by atoms with Crippen molar-refractivity contribution in [3.05, 3.63) is 0 Å². The average Bonchev–Trinajstić information content (AvgIpc) is 2.73. The van der Waals surface area contributed by atoms with Crippen LogP contribution in [0.3, 0.4) is 0 Å². The first kappa shape index (κ1) is 25.9. The highest BCUT2D eigenvalue weighted by Crippen LogP contribution is 2.20. The molecule has 2 aliphatic rings. The zero-order valence-electron chi connectivity index (χ0n) is 18.3. The first-order chi connectivity index (χ1) is 13.3. The van der Waals surface area contributed by atoms with E-state index in [0.717, 1.165) is 32.1 Å². The van der Waals surface area contributed by atoms with Gasteiger partial charge in [0.25, 0.3) is 0 Å². The molecule has 2 rings (SSSR count). The standard InChI is InChI=1S/C21H43N5O.HI/c1-3-25-15-17-26(18-16-25)14-8-7-12-23-21(22-2)24-13-9-19-27-20-10-5-4-6-11-20;/h20H,3-19H2,1-2H3,(H2,22,23,24);1H. The molecule has 1 aliphatic carbocycles. The van der Waals surface area contributed by atoms with Crippen molar-refractivity contribution >= 4 is 29.9 Å². The van der Waals surface area contributed by atoms with Crippen LogP contribution >= 0.6 is 24.0 Å². The van der Waals surface area contributed by atoms with E-state index < -0.39 is 0 Å². The van der Waals surface area contributed by atoms with E-state index in [1.165, 1.54) is 84.2 Å². The maximum atomic E-state index is 5.97. The number of likely N-dealkylation sites (N-methyl/N-ethyl adjacent to an activating group) is 1. The lowest BCUT2D eigenvalue weighted by molar-refractivity contribution is 0.0277. The predicted octanol–water partition coefficient (Wildman–Crippen LogP) is 2.93. The third kappa shape index (κ3) is 11.2. The summed E-state index contributed by atoms with van der Waals surface area (Å²) in [7, 11) is 1.85. The molecule has 0 atom stereocenters. The number of unbranched alkanes of at least 4 members (excludes halogenated alkanes) is 1. The van der Waals surface area contributed by atoms with Gasteiger partial charge in [0.1, 0.15) is 0 Å². The van der Waals surface area contributed by atoms with Crippen molar-refractivity contribution in [1.29, 1.82) is 0 Å². The van der Waals surface area contributed by atoms with Gasteiger partial charge < -0.3 is 25.2 Å². The third-order valence-electron chi connectivity index (χ3n) is 5.85. The predicted molar refractivity (Wildman–Crippen MR) is 130 cm³/mol. The molecule has 0 aromatic rings. The summed E-state index contributed by atoms with van der Waals surface area (Å²) in [6.45, 7) is 12.4. The molecule has 2 fully saturated rings. The molecule has 0 unspecified atom stereocenters. The fourth-order valence-corrected chi connectivity index (χ4v) is 3.98. The maximum Gasteiger partial charge on any atom is 0.190 e.